The van der Waals surface area contributed by atoms with Gasteiger partial charge >= 0.3 is 0 Å². The van der Waals surface area contributed by atoms with E-state index < -0.39 is 0 Å². The minimum atomic E-state index is 0.0804. The van der Waals surface area contributed by atoms with Crippen molar-refractivity contribution >= 4 is 11.6 Å². The Bertz CT molecular complexity index is 619. The van der Waals surface area contributed by atoms with Gasteiger partial charge in [0.25, 0.3) is 5.91 Å². The molecule has 2 heterocycles. The molecule has 1 N–H and O–H groups in total. The third-order valence-electron chi connectivity index (χ3n) is 6.03. The first-order valence-electron chi connectivity index (χ1n) is 10.1. The highest BCUT2D eigenvalue weighted by Crippen LogP contribution is 2.26. The summed E-state index contributed by atoms with van der Waals surface area (Å²) >= 11 is 0. The fraction of sp³-hybridized carbons (Fsp3) is 0.667. The number of rotatable bonds is 5. The predicted octanol–water partition coefficient (Wildman–Crippen LogP) is 1.07. The van der Waals surface area contributed by atoms with Crippen LogP contribution in [0.25, 0.3) is 0 Å². The molecule has 6 heteroatoms. The summed E-state index contributed by atoms with van der Waals surface area (Å²) in [6.45, 7) is 6.96. The van der Waals surface area contributed by atoms with Crippen LogP contribution in [0.5, 0.6) is 0 Å². The number of hydrogen-bond donors (Lipinski definition) is 1. The van der Waals surface area contributed by atoms with Gasteiger partial charge in [0.05, 0.1) is 0 Å². The van der Waals surface area contributed by atoms with Crippen LogP contribution in [0, 0.1) is 11.8 Å². The minimum Gasteiger partial charge on any atom is -0.396 e. The second kappa shape index (κ2) is 9.04. The van der Waals surface area contributed by atoms with Gasteiger partial charge in [-0.05, 0) is 56.7 Å². The largest absolute Gasteiger partial charge is 0.396 e. The van der Waals surface area contributed by atoms with Crippen LogP contribution in [0.1, 0.15) is 16.8 Å². The Morgan fingerprint density at radius 1 is 1.07 bits per heavy atom. The molecule has 2 fully saturated rings. The molecule has 0 saturated carbocycles. The first kappa shape index (κ1) is 20.1. The van der Waals surface area contributed by atoms with Crippen molar-refractivity contribution in [3.63, 3.8) is 0 Å². The zero-order valence-corrected chi connectivity index (χ0v) is 17.0. The van der Waals surface area contributed by atoms with Crippen LogP contribution >= 0.6 is 0 Å². The Morgan fingerprint density at radius 3 is 2.44 bits per heavy atom. The first-order chi connectivity index (χ1) is 13.0. The van der Waals surface area contributed by atoms with Gasteiger partial charge in [0.2, 0.25) is 0 Å². The van der Waals surface area contributed by atoms with Crippen molar-refractivity contribution in [1.29, 1.82) is 0 Å². The number of carbonyl (C=O) groups is 1. The smallest absolute Gasteiger partial charge is 0.253 e. The Balaban J connectivity index is 1.61. The number of carbonyl (C=O) groups excluding carboxylic acids is 1. The van der Waals surface area contributed by atoms with Gasteiger partial charge in [-0.15, -0.1) is 0 Å². The van der Waals surface area contributed by atoms with Crippen LogP contribution in [0.15, 0.2) is 24.3 Å². The number of amides is 1. The monoisotopic (exact) mass is 374 g/mol. The maximum absolute atomic E-state index is 12.9. The van der Waals surface area contributed by atoms with Crippen molar-refractivity contribution in [2.24, 2.45) is 11.8 Å². The van der Waals surface area contributed by atoms with Gasteiger partial charge in [-0.25, -0.2) is 0 Å². The van der Waals surface area contributed by atoms with Gasteiger partial charge in [-0.3, -0.25) is 4.79 Å². The Morgan fingerprint density at radius 2 is 1.78 bits per heavy atom. The van der Waals surface area contributed by atoms with E-state index in [9.17, 15) is 9.90 Å². The summed E-state index contributed by atoms with van der Waals surface area (Å²) in [7, 11) is 6.17. The van der Waals surface area contributed by atoms with Crippen LogP contribution in [0.4, 0.5) is 5.69 Å². The Labute approximate surface area is 163 Å². The average Bonchev–Trinajstić information content (AvgIpc) is 2.96. The molecule has 2 aliphatic rings. The van der Waals surface area contributed by atoms with Crippen molar-refractivity contribution in [3.8, 4) is 0 Å². The Hall–Kier alpha value is -1.63. The number of likely N-dealkylation sites (tertiary alicyclic amines) is 1. The van der Waals surface area contributed by atoms with Crippen molar-refractivity contribution < 1.29 is 9.90 Å². The molecule has 0 spiro atoms. The lowest BCUT2D eigenvalue weighted by Crippen LogP contribution is -2.36. The summed E-state index contributed by atoms with van der Waals surface area (Å²) in [5.74, 6) is 0.608. The molecule has 2 atom stereocenters. The highest BCUT2D eigenvalue weighted by molar-refractivity contribution is 5.94. The summed E-state index contributed by atoms with van der Waals surface area (Å²) in [6.07, 6.45) is 1.19. The molecule has 2 aliphatic heterocycles. The van der Waals surface area contributed by atoms with E-state index in [-0.39, 0.29) is 18.4 Å². The summed E-state index contributed by atoms with van der Waals surface area (Å²) in [6, 6.07) is 7.78. The molecule has 27 heavy (non-hydrogen) atoms. The van der Waals surface area contributed by atoms with Gasteiger partial charge in [0.15, 0.2) is 0 Å². The summed E-state index contributed by atoms with van der Waals surface area (Å²) in [4.78, 5) is 21.8. The molecule has 150 valence electrons. The molecule has 6 nitrogen and oxygen atoms in total. The van der Waals surface area contributed by atoms with Gasteiger partial charge in [-0.1, -0.05) is 0 Å². The van der Waals surface area contributed by atoms with Crippen LogP contribution in [0.2, 0.25) is 0 Å². The van der Waals surface area contributed by atoms with Crippen LogP contribution < -0.4 is 4.90 Å². The van der Waals surface area contributed by atoms with E-state index in [1.807, 2.05) is 48.2 Å². The zero-order valence-electron chi connectivity index (χ0n) is 17.0. The number of benzene rings is 1. The lowest BCUT2D eigenvalue weighted by Gasteiger charge is -2.26. The molecular weight excluding hydrogens is 340 g/mol. The quantitative estimate of drug-likeness (QED) is 0.836. The van der Waals surface area contributed by atoms with Gasteiger partial charge in [0.1, 0.15) is 0 Å². The van der Waals surface area contributed by atoms with E-state index in [2.05, 4.69) is 16.8 Å². The van der Waals surface area contributed by atoms with Crippen LogP contribution in [-0.4, -0.2) is 99.3 Å². The van der Waals surface area contributed by atoms with E-state index in [1.54, 1.807) is 0 Å². The molecule has 0 unspecified atom stereocenters. The normalized spacial score (nSPS) is 24.8. The standard InChI is InChI=1S/C21H34N4O2/c1-22(2)20-7-5-17(6-8-20)21(27)25-14-18(19(15-25)16-26)13-24-10-4-9-23(3)11-12-24/h5-8,18-19,26H,4,9-16H2,1-3H3/t18-,19-/m0/s1. The summed E-state index contributed by atoms with van der Waals surface area (Å²) < 4.78 is 0. The van der Waals surface area contributed by atoms with Crippen LogP contribution in [-0.2, 0) is 0 Å². The third kappa shape index (κ3) is 5.00. The van der Waals surface area contributed by atoms with Crippen molar-refractivity contribution in [1.82, 2.24) is 14.7 Å². The number of likely N-dealkylation sites (N-methyl/N-ethyl adjacent to an activating group) is 1. The minimum absolute atomic E-state index is 0.0804. The molecule has 0 radical (unpaired) electrons. The molecule has 1 aromatic carbocycles. The van der Waals surface area contributed by atoms with Crippen molar-refractivity contribution in [2.45, 2.75) is 6.42 Å². The third-order valence-corrected chi connectivity index (χ3v) is 6.03. The average molecular weight is 375 g/mol. The number of nitrogens with zero attached hydrogens (tertiary/aromatic N) is 4. The van der Waals surface area contributed by atoms with E-state index in [4.69, 9.17) is 0 Å². The van der Waals surface area contributed by atoms with Gasteiger partial charge in [-0.2, -0.15) is 0 Å². The number of aliphatic hydroxyl groups is 1. The van der Waals surface area contributed by atoms with E-state index in [0.717, 1.165) is 50.5 Å². The number of anilines is 1. The van der Waals surface area contributed by atoms with Gasteiger partial charge in [0, 0.05) is 70.6 Å². The highest BCUT2D eigenvalue weighted by Gasteiger charge is 2.36. The summed E-state index contributed by atoms with van der Waals surface area (Å²) in [5.41, 5.74) is 1.82. The number of hydrogen-bond acceptors (Lipinski definition) is 5. The SMILES string of the molecule is CN1CCCN(C[C@H]2CN(C(=O)c3ccc(N(C)C)cc3)C[C@H]2CO)CC1. The maximum atomic E-state index is 12.9. The zero-order chi connectivity index (χ0) is 19.4. The lowest BCUT2D eigenvalue weighted by atomic mass is 9.96. The highest BCUT2D eigenvalue weighted by atomic mass is 16.3. The number of aliphatic hydroxyl groups excluding tert-OH is 1. The second-order valence-electron chi connectivity index (χ2n) is 8.31. The molecule has 1 aromatic rings. The molecule has 0 bridgehead atoms. The van der Waals surface area contributed by atoms with E-state index >= 15 is 0 Å². The predicted molar refractivity (Wildman–Crippen MR) is 109 cm³/mol. The summed E-state index contributed by atoms with van der Waals surface area (Å²) in [5, 5.41) is 9.86. The Kier molecular flexibility index (Phi) is 6.73. The molecule has 3 rings (SSSR count). The molecule has 0 aromatic heterocycles. The lowest BCUT2D eigenvalue weighted by molar-refractivity contribution is 0.0779. The van der Waals surface area contributed by atoms with Crippen molar-refractivity contribution in [3.05, 3.63) is 29.8 Å². The van der Waals surface area contributed by atoms with Crippen LogP contribution in [0.3, 0.4) is 0 Å². The van der Waals surface area contributed by atoms with E-state index in [0.29, 0.717) is 12.5 Å². The molecule has 0 aliphatic carbocycles. The van der Waals surface area contributed by atoms with Gasteiger partial charge < -0.3 is 24.7 Å². The topological polar surface area (TPSA) is 50.3 Å². The molecular formula is C21H34N4O2. The second-order valence-corrected chi connectivity index (χ2v) is 8.31. The van der Waals surface area contributed by atoms with E-state index in [1.165, 1.54) is 6.42 Å². The molecule has 1 amide bonds. The van der Waals surface area contributed by atoms with Crippen molar-refractivity contribution in [2.75, 3.05) is 78.5 Å². The first-order valence-corrected chi connectivity index (χ1v) is 10.1. The fourth-order valence-electron chi connectivity index (χ4n) is 4.22. The fourth-order valence-corrected chi connectivity index (χ4v) is 4.22. The maximum Gasteiger partial charge on any atom is 0.253 e. The molecule has 2 saturated heterocycles.